The van der Waals surface area contributed by atoms with E-state index in [2.05, 4.69) is 0 Å². The Morgan fingerprint density at radius 3 is 2.48 bits per heavy atom. The second-order valence-electron chi connectivity index (χ2n) is 4.14. The number of anilines is 1. The maximum atomic E-state index is 12.0. The molecule has 2 N–H and O–H groups in total. The number of nitrogens with one attached hydrogen (secondary N) is 1. The van der Waals surface area contributed by atoms with Gasteiger partial charge in [0, 0.05) is 6.42 Å². The minimum Gasteiger partial charge on any atom is -0.478 e. The van der Waals surface area contributed by atoms with Crippen LogP contribution in [0.4, 0.5) is 18.9 Å². The van der Waals surface area contributed by atoms with E-state index in [1.54, 1.807) is 0 Å². The highest BCUT2D eigenvalue weighted by Crippen LogP contribution is 2.25. The Morgan fingerprint density at radius 2 is 1.95 bits per heavy atom. The van der Waals surface area contributed by atoms with E-state index >= 15 is 0 Å². The van der Waals surface area contributed by atoms with Crippen molar-refractivity contribution in [1.82, 2.24) is 0 Å². The average Bonchev–Trinajstić information content (AvgIpc) is 2.29. The van der Waals surface area contributed by atoms with Crippen LogP contribution in [0, 0.1) is 0 Å². The van der Waals surface area contributed by atoms with E-state index in [0.29, 0.717) is 0 Å². The summed E-state index contributed by atoms with van der Waals surface area (Å²) in [5, 5.41) is 8.73. The number of rotatable bonds is 6. The number of sulfonamides is 1. The molecular weight excluding hydrogens is 335 g/mol. The van der Waals surface area contributed by atoms with Crippen molar-refractivity contribution in [3.63, 3.8) is 0 Å². The van der Waals surface area contributed by atoms with Gasteiger partial charge in [-0.15, -0.1) is 0 Å². The van der Waals surface area contributed by atoms with Crippen LogP contribution in [-0.2, 0) is 10.0 Å². The number of alkyl halides is 3. The van der Waals surface area contributed by atoms with Crippen molar-refractivity contribution >= 4 is 33.3 Å². The number of hydrogen-bond donors (Lipinski definition) is 2. The largest absolute Gasteiger partial charge is 0.478 e. The van der Waals surface area contributed by atoms with Crippen LogP contribution >= 0.6 is 11.6 Å². The van der Waals surface area contributed by atoms with Crippen LogP contribution in [0.25, 0.3) is 0 Å². The first-order valence-corrected chi connectivity index (χ1v) is 7.63. The molecule has 0 fully saturated rings. The SMILES string of the molecule is O=C(O)c1ccc(Cl)c(NS(=O)(=O)CCCC(F)(F)F)c1. The molecule has 0 heterocycles. The Bertz CT molecular complexity index is 631. The van der Waals surface area contributed by atoms with Crippen LogP contribution in [0.5, 0.6) is 0 Å². The fourth-order valence-electron chi connectivity index (χ4n) is 1.42. The molecule has 0 aliphatic heterocycles. The molecule has 5 nitrogen and oxygen atoms in total. The summed E-state index contributed by atoms with van der Waals surface area (Å²) in [7, 11) is -4.05. The minimum absolute atomic E-state index is 0.0561. The molecule has 0 saturated heterocycles. The van der Waals surface area contributed by atoms with Gasteiger partial charge in [0.25, 0.3) is 0 Å². The fourth-order valence-corrected chi connectivity index (χ4v) is 2.77. The van der Waals surface area contributed by atoms with E-state index in [4.69, 9.17) is 16.7 Å². The maximum Gasteiger partial charge on any atom is 0.389 e. The molecule has 1 aromatic carbocycles. The first kappa shape index (κ1) is 17.6. The van der Waals surface area contributed by atoms with Crippen LogP contribution in [0.3, 0.4) is 0 Å². The molecular formula is C11H11ClF3NO4S. The Labute approximate surface area is 123 Å². The molecule has 0 radical (unpaired) electrons. The van der Waals surface area contributed by atoms with Gasteiger partial charge in [0.05, 0.1) is 22.0 Å². The Kier molecular flexibility index (Phi) is 5.46. The molecule has 21 heavy (non-hydrogen) atoms. The molecule has 0 aliphatic rings. The van der Waals surface area contributed by atoms with Crippen LogP contribution in [-0.4, -0.2) is 31.4 Å². The summed E-state index contributed by atoms with van der Waals surface area (Å²) in [5.74, 6) is -2.04. The van der Waals surface area contributed by atoms with E-state index in [9.17, 15) is 26.4 Å². The van der Waals surface area contributed by atoms with Gasteiger partial charge in [-0.3, -0.25) is 4.72 Å². The normalized spacial score (nSPS) is 12.2. The smallest absolute Gasteiger partial charge is 0.389 e. The van der Waals surface area contributed by atoms with E-state index in [-0.39, 0.29) is 16.3 Å². The Balaban J connectivity index is 2.79. The molecule has 0 bridgehead atoms. The molecule has 0 amide bonds. The molecule has 0 atom stereocenters. The molecule has 0 aliphatic carbocycles. The average molecular weight is 346 g/mol. The topological polar surface area (TPSA) is 83.5 Å². The Morgan fingerprint density at radius 1 is 1.33 bits per heavy atom. The van der Waals surface area contributed by atoms with Crippen molar-refractivity contribution in [3.05, 3.63) is 28.8 Å². The van der Waals surface area contributed by atoms with Gasteiger partial charge in [0.1, 0.15) is 0 Å². The van der Waals surface area contributed by atoms with Gasteiger partial charge < -0.3 is 5.11 Å². The monoisotopic (exact) mass is 345 g/mol. The van der Waals surface area contributed by atoms with Crippen LogP contribution in [0.2, 0.25) is 5.02 Å². The summed E-state index contributed by atoms with van der Waals surface area (Å²) in [6.45, 7) is 0. The van der Waals surface area contributed by atoms with Gasteiger partial charge in [-0.2, -0.15) is 13.2 Å². The molecule has 0 aromatic heterocycles. The van der Waals surface area contributed by atoms with E-state index in [0.717, 1.165) is 6.07 Å². The molecule has 0 unspecified atom stereocenters. The van der Waals surface area contributed by atoms with E-state index in [1.165, 1.54) is 12.1 Å². The number of carboxylic acids is 1. The second kappa shape index (κ2) is 6.52. The first-order chi connectivity index (χ1) is 9.50. The third kappa shape index (κ3) is 6.21. The van der Waals surface area contributed by atoms with Crippen molar-refractivity contribution < 1.29 is 31.5 Å². The third-order valence-corrected chi connectivity index (χ3v) is 4.04. The third-order valence-electron chi connectivity index (χ3n) is 2.35. The second-order valence-corrected chi connectivity index (χ2v) is 6.39. The predicted octanol–water partition coefficient (Wildman–Crippen LogP) is 3.12. The number of hydrogen-bond acceptors (Lipinski definition) is 3. The van der Waals surface area contributed by atoms with Gasteiger partial charge in [0.2, 0.25) is 10.0 Å². The summed E-state index contributed by atoms with van der Waals surface area (Å²) in [6.07, 6.45) is -6.26. The molecule has 0 spiro atoms. The lowest BCUT2D eigenvalue weighted by Gasteiger charge is -2.11. The summed E-state index contributed by atoms with van der Waals surface area (Å²) < 4.78 is 61.1. The van der Waals surface area contributed by atoms with Crippen LogP contribution in [0.15, 0.2) is 18.2 Å². The number of aromatic carboxylic acids is 1. The lowest BCUT2D eigenvalue weighted by atomic mass is 10.2. The lowest BCUT2D eigenvalue weighted by Crippen LogP contribution is -2.19. The summed E-state index contributed by atoms with van der Waals surface area (Å²) >= 11 is 5.71. The van der Waals surface area contributed by atoms with Crippen molar-refractivity contribution in [1.29, 1.82) is 0 Å². The first-order valence-electron chi connectivity index (χ1n) is 5.60. The molecule has 10 heteroatoms. The summed E-state index contributed by atoms with van der Waals surface area (Å²) in [5.41, 5.74) is -0.393. The maximum absolute atomic E-state index is 12.0. The van der Waals surface area contributed by atoms with Crippen molar-refractivity contribution in [2.24, 2.45) is 0 Å². The lowest BCUT2D eigenvalue weighted by molar-refractivity contribution is -0.134. The molecule has 1 rings (SSSR count). The molecule has 1 aromatic rings. The van der Waals surface area contributed by atoms with Crippen LogP contribution in [0.1, 0.15) is 23.2 Å². The van der Waals surface area contributed by atoms with Gasteiger partial charge in [-0.25, -0.2) is 13.2 Å². The predicted molar refractivity (Wildman–Crippen MR) is 71.1 cm³/mol. The highest BCUT2D eigenvalue weighted by atomic mass is 35.5. The Hall–Kier alpha value is -1.48. The highest BCUT2D eigenvalue weighted by Gasteiger charge is 2.27. The zero-order valence-electron chi connectivity index (χ0n) is 10.4. The fraction of sp³-hybridized carbons (Fsp3) is 0.364. The minimum atomic E-state index is -4.43. The van der Waals surface area contributed by atoms with Crippen molar-refractivity contribution in [2.45, 2.75) is 19.0 Å². The van der Waals surface area contributed by atoms with Gasteiger partial charge >= 0.3 is 12.1 Å². The van der Waals surface area contributed by atoms with Crippen LogP contribution < -0.4 is 4.72 Å². The van der Waals surface area contributed by atoms with Gasteiger partial charge in [0.15, 0.2) is 0 Å². The summed E-state index contributed by atoms with van der Waals surface area (Å²) in [6, 6.07) is 3.34. The van der Waals surface area contributed by atoms with Crippen molar-refractivity contribution in [2.75, 3.05) is 10.5 Å². The zero-order valence-corrected chi connectivity index (χ0v) is 12.0. The highest BCUT2D eigenvalue weighted by molar-refractivity contribution is 7.92. The number of benzene rings is 1. The quantitative estimate of drug-likeness (QED) is 0.829. The summed E-state index contributed by atoms with van der Waals surface area (Å²) in [4.78, 5) is 10.8. The number of carbonyl (C=O) groups is 1. The number of carboxylic acid groups (broad SMARTS) is 1. The number of halogens is 4. The van der Waals surface area contributed by atoms with E-state index in [1.807, 2.05) is 4.72 Å². The van der Waals surface area contributed by atoms with E-state index < -0.39 is 40.8 Å². The standard InChI is InChI=1S/C11H11ClF3NO4S/c12-8-3-2-7(10(17)18)6-9(8)16-21(19,20)5-1-4-11(13,14)15/h2-3,6,16H,1,4-5H2,(H,17,18). The molecule has 118 valence electrons. The van der Waals surface area contributed by atoms with Gasteiger partial charge in [-0.1, -0.05) is 11.6 Å². The molecule has 0 saturated carbocycles. The van der Waals surface area contributed by atoms with Gasteiger partial charge in [-0.05, 0) is 24.6 Å². The van der Waals surface area contributed by atoms with Crippen molar-refractivity contribution in [3.8, 4) is 0 Å². The zero-order chi connectivity index (χ0) is 16.3.